The third-order valence-corrected chi connectivity index (χ3v) is 2.18. The Kier molecular flexibility index (Phi) is 3.96. The number of hydrogen-bond donors (Lipinski definition) is 3. The molecule has 5 heteroatoms. The maximum absolute atomic E-state index is 11.9. The lowest BCUT2D eigenvalue weighted by atomic mass is 10.1. The van der Waals surface area contributed by atoms with Crippen LogP contribution in [0.25, 0.3) is 0 Å². The smallest absolute Gasteiger partial charge is 0.255 e. The number of nitrogen functional groups attached to an aromatic ring is 1. The van der Waals surface area contributed by atoms with E-state index in [1.54, 1.807) is 32.0 Å². The van der Waals surface area contributed by atoms with E-state index < -0.39 is 5.60 Å². The monoisotopic (exact) mass is 238 g/mol. The van der Waals surface area contributed by atoms with Crippen LogP contribution >= 0.6 is 0 Å². The van der Waals surface area contributed by atoms with E-state index in [0.717, 1.165) is 0 Å². The topological polar surface area (TPSA) is 84.6 Å². The molecule has 1 aromatic carbocycles. The van der Waals surface area contributed by atoms with Crippen molar-refractivity contribution in [3.05, 3.63) is 23.8 Å². The number of hydrogen-bond acceptors (Lipinski definition) is 4. The molecule has 0 atom stereocenters. The molecule has 0 aliphatic carbocycles. The van der Waals surface area contributed by atoms with Gasteiger partial charge in [0.25, 0.3) is 5.91 Å². The highest BCUT2D eigenvalue weighted by Gasteiger charge is 2.18. The lowest BCUT2D eigenvalue weighted by molar-refractivity contribution is 0.0693. The van der Waals surface area contributed by atoms with Gasteiger partial charge >= 0.3 is 0 Å². The number of anilines is 1. The van der Waals surface area contributed by atoms with Crippen LogP contribution in [0.4, 0.5) is 5.69 Å². The minimum absolute atomic E-state index is 0.157. The Morgan fingerprint density at radius 3 is 2.71 bits per heavy atom. The molecule has 4 N–H and O–H groups in total. The molecule has 0 aromatic heterocycles. The van der Waals surface area contributed by atoms with Gasteiger partial charge in [-0.05, 0) is 26.0 Å². The Balaban J connectivity index is 2.86. The summed E-state index contributed by atoms with van der Waals surface area (Å²) in [5.74, 6) is 0.0250. The molecule has 0 heterocycles. The number of para-hydroxylation sites is 1. The third-order valence-electron chi connectivity index (χ3n) is 2.18. The molecule has 5 nitrogen and oxygen atoms in total. The van der Waals surface area contributed by atoms with E-state index in [0.29, 0.717) is 17.0 Å². The number of aliphatic hydroxyl groups is 1. The number of carbonyl (C=O) groups is 1. The first-order valence-corrected chi connectivity index (χ1v) is 5.28. The fraction of sp³-hybridized carbons (Fsp3) is 0.417. The summed E-state index contributed by atoms with van der Waals surface area (Å²) in [6.45, 7) is 3.39. The van der Waals surface area contributed by atoms with Gasteiger partial charge in [0.05, 0.1) is 24.0 Å². The molecule has 0 spiro atoms. The summed E-state index contributed by atoms with van der Waals surface area (Å²) < 4.78 is 5.08. The average molecular weight is 238 g/mol. The predicted octanol–water partition coefficient (Wildman–Crippen LogP) is 0.778. The maximum atomic E-state index is 11.9. The molecule has 0 fully saturated rings. The van der Waals surface area contributed by atoms with Crippen molar-refractivity contribution in [2.24, 2.45) is 0 Å². The molecule has 0 aliphatic rings. The summed E-state index contributed by atoms with van der Waals surface area (Å²) in [4.78, 5) is 11.9. The summed E-state index contributed by atoms with van der Waals surface area (Å²) in [6, 6.07) is 4.96. The minimum Gasteiger partial charge on any atom is -0.494 e. The molecule has 0 radical (unpaired) electrons. The molecule has 1 aromatic rings. The molecule has 1 amide bonds. The summed E-state index contributed by atoms with van der Waals surface area (Å²) >= 11 is 0. The number of benzene rings is 1. The van der Waals surface area contributed by atoms with Crippen LogP contribution in [0.3, 0.4) is 0 Å². The quantitative estimate of drug-likeness (QED) is 0.677. The largest absolute Gasteiger partial charge is 0.494 e. The fourth-order valence-corrected chi connectivity index (χ4v) is 1.35. The zero-order valence-electron chi connectivity index (χ0n) is 10.3. The lowest BCUT2D eigenvalue weighted by Crippen LogP contribution is -2.38. The first kappa shape index (κ1) is 13.3. The molecule has 0 saturated heterocycles. The van der Waals surface area contributed by atoms with Crippen molar-refractivity contribution >= 4 is 11.6 Å². The molecule has 0 bridgehead atoms. The van der Waals surface area contributed by atoms with Crippen molar-refractivity contribution < 1.29 is 14.6 Å². The summed E-state index contributed by atoms with van der Waals surface area (Å²) in [7, 11) is 1.46. The first-order valence-electron chi connectivity index (χ1n) is 5.28. The highest BCUT2D eigenvalue weighted by Crippen LogP contribution is 2.25. The second kappa shape index (κ2) is 5.05. The van der Waals surface area contributed by atoms with E-state index in [9.17, 15) is 9.90 Å². The van der Waals surface area contributed by atoms with Crippen molar-refractivity contribution in [3.63, 3.8) is 0 Å². The van der Waals surface area contributed by atoms with Crippen LogP contribution in [0.2, 0.25) is 0 Å². The van der Waals surface area contributed by atoms with Crippen LogP contribution in [0.5, 0.6) is 5.75 Å². The van der Waals surface area contributed by atoms with Gasteiger partial charge in [-0.2, -0.15) is 0 Å². The number of carbonyl (C=O) groups excluding carboxylic acids is 1. The van der Waals surface area contributed by atoms with Crippen LogP contribution < -0.4 is 15.8 Å². The highest BCUT2D eigenvalue weighted by molar-refractivity contribution is 5.98. The predicted molar refractivity (Wildman–Crippen MR) is 66.0 cm³/mol. The van der Waals surface area contributed by atoms with Gasteiger partial charge in [-0.15, -0.1) is 0 Å². The van der Waals surface area contributed by atoms with Crippen molar-refractivity contribution in [3.8, 4) is 5.75 Å². The van der Waals surface area contributed by atoms with Gasteiger partial charge in [0.1, 0.15) is 0 Å². The molecule has 0 saturated carbocycles. The molecule has 94 valence electrons. The van der Waals surface area contributed by atoms with Gasteiger partial charge < -0.3 is 20.9 Å². The number of nitrogens with one attached hydrogen (secondary N) is 1. The van der Waals surface area contributed by atoms with Gasteiger partial charge in [0.2, 0.25) is 0 Å². The van der Waals surface area contributed by atoms with E-state index in [1.807, 2.05) is 0 Å². The zero-order chi connectivity index (χ0) is 13.1. The fourth-order valence-electron chi connectivity index (χ4n) is 1.35. The van der Waals surface area contributed by atoms with E-state index in [2.05, 4.69) is 5.32 Å². The van der Waals surface area contributed by atoms with Crippen LogP contribution in [0, 0.1) is 0 Å². The Morgan fingerprint density at radius 1 is 1.53 bits per heavy atom. The Labute approximate surface area is 101 Å². The number of amides is 1. The molecular formula is C12H18N2O3. The molecule has 1 rings (SSSR count). The van der Waals surface area contributed by atoms with E-state index in [4.69, 9.17) is 10.5 Å². The normalized spacial score (nSPS) is 11.1. The van der Waals surface area contributed by atoms with Gasteiger partial charge in [0.15, 0.2) is 5.75 Å². The van der Waals surface area contributed by atoms with Gasteiger partial charge in [-0.3, -0.25) is 4.79 Å². The third kappa shape index (κ3) is 3.64. The van der Waals surface area contributed by atoms with Crippen LogP contribution in [0.1, 0.15) is 24.2 Å². The molecular weight excluding hydrogens is 220 g/mol. The van der Waals surface area contributed by atoms with Crippen molar-refractivity contribution in [1.82, 2.24) is 5.32 Å². The summed E-state index contributed by atoms with van der Waals surface area (Å²) in [5, 5.41) is 12.1. The van der Waals surface area contributed by atoms with E-state index in [-0.39, 0.29) is 12.5 Å². The second-order valence-corrected chi connectivity index (χ2v) is 4.42. The van der Waals surface area contributed by atoms with Crippen LogP contribution in [-0.4, -0.2) is 30.3 Å². The van der Waals surface area contributed by atoms with Crippen LogP contribution in [-0.2, 0) is 0 Å². The van der Waals surface area contributed by atoms with Crippen molar-refractivity contribution in [2.45, 2.75) is 19.4 Å². The zero-order valence-corrected chi connectivity index (χ0v) is 10.3. The van der Waals surface area contributed by atoms with E-state index >= 15 is 0 Å². The van der Waals surface area contributed by atoms with Crippen LogP contribution in [0.15, 0.2) is 18.2 Å². The average Bonchev–Trinajstić information content (AvgIpc) is 2.24. The SMILES string of the molecule is COc1c(N)cccc1C(=O)NCC(C)(C)O. The second-order valence-electron chi connectivity index (χ2n) is 4.42. The molecule has 17 heavy (non-hydrogen) atoms. The number of nitrogens with two attached hydrogens (primary N) is 1. The number of rotatable bonds is 4. The highest BCUT2D eigenvalue weighted by atomic mass is 16.5. The van der Waals surface area contributed by atoms with Gasteiger partial charge in [0, 0.05) is 6.54 Å². The first-order chi connectivity index (χ1) is 7.85. The van der Waals surface area contributed by atoms with Gasteiger partial charge in [-0.25, -0.2) is 0 Å². The standard InChI is InChI=1S/C12H18N2O3/c1-12(2,16)7-14-11(15)8-5-4-6-9(13)10(8)17-3/h4-6,16H,7,13H2,1-3H3,(H,14,15). The summed E-state index contributed by atoms with van der Waals surface area (Å²) in [6.07, 6.45) is 0. The summed E-state index contributed by atoms with van der Waals surface area (Å²) in [5.41, 5.74) is 5.51. The Morgan fingerprint density at radius 2 is 2.18 bits per heavy atom. The van der Waals surface area contributed by atoms with E-state index in [1.165, 1.54) is 7.11 Å². The maximum Gasteiger partial charge on any atom is 0.255 e. The molecule has 0 aliphatic heterocycles. The number of ether oxygens (including phenoxy) is 1. The molecule has 0 unspecified atom stereocenters. The van der Waals surface area contributed by atoms with Crippen molar-refractivity contribution in [2.75, 3.05) is 19.4 Å². The van der Waals surface area contributed by atoms with Gasteiger partial charge in [-0.1, -0.05) is 6.07 Å². The lowest BCUT2D eigenvalue weighted by Gasteiger charge is -2.18. The Bertz CT molecular complexity index is 411. The Hall–Kier alpha value is -1.75. The minimum atomic E-state index is -0.955. The number of methoxy groups -OCH3 is 1. The van der Waals surface area contributed by atoms with Crippen molar-refractivity contribution in [1.29, 1.82) is 0 Å².